The van der Waals surface area contributed by atoms with Crippen LogP contribution in [0.1, 0.15) is 39.5 Å². The molecule has 0 heterocycles. The molecule has 0 saturated heterocycles. The smallest absolute Gasteiger partial charge is 0.0357 e. The summed E-state index contributed by atoms with van der Waals surface area (Å²) >= 11 is 0. The first-order chi connectivity index (χ1) is 4.79. The van der Waals surface area contributed by atoms with E-state index < -0.39 is 0 Å². The highest BCUT2D eigenvalue weighted by molar-refractivity contribution is 4.90. The van der Waals surface area contributed by atoms with Crippen molar-refractivity contribution >= 4 is 0 Å². The number of hydrogen-bond donors (Lipinski definition) is 0. The van der Waals surface area contributed by atoms with Crippen molar-refractivity contribution in [1.29, 1.82) is 0 Å². The van der Waals surface area contributed by atoms with E-state index in [0.717, 1.165) is 23.7 Å². The molecular weight excluding hydrogens is 120 g/mol. The van der Waals surface area contributed by atoms with Gasteiger partial charge in [0.25, 0.3) is 0 Å². The predicted octanol–water partition coefficient (Wildman–Crippen LogP) is 3.08. The fourth-order valence-corrected chi connectivity index (χ4v) is 3.37. The van der Waals surface area contributed by atoms with Gasteiger partial charge in [0, 0.05) is 0 Å². The Bertz CT molecular complexity index is 114. The molecule has 4 atom stereocenters. The van der Waals surface area contributed by atoms with Gasteiger partial charge in [-0.15, -0.1) is 0 Å². The lowest BCUT2D eigenvalue weighted by Gasteiger charge is -2.13. The van der Waals surface area contributed by atoms with Gasteiger partial charge in [-0.3, -0.25) is 0 Å². The zero-order valence-corrected chi connectivity index (χ0v) is 7.14. The van der Waals surface area contributed by atoms with Gasteiger partial charge in [-0.1, -0.05) is 20.3 Å². The van der Waals surface area contributed by atoms with E-state index in [1.54, 1.807) is 0 Å². The quantitative estimate of drug-likeness (QED) is 0.482. The molecule has 0 nitrogen and oxygen atoms in total. The largest absolute Gasteiger partial charge is 0.0622 e. The van der Waals surface area contributed by atoms with E-state index in [1.165, 1.54) is 25.7 Å². The van der Waals surface area contributed by atoms with E-state index in [-0.39, 0.29) is 0 Å². The number of rotatable bonds is 0. The summed E-state index contributed by atoms with van der Waals surface area (Å²) in [7, 11) is 0. The van der Waals surface area contributed by atoms with E-state index in [2.05, 4.69) is 13.8 Å². The van der Waals surface area contributed by atoms with Crippen LogP contribution in [0.3, 0.4) is 0 Å². The summed E-state index contributed by atoms with van der Waals surface area (Å²) in [5.74, 6) is 4.33. The predicted molar refractivity (Wildman–Crippen MR) is 43.8 cm³/mol. The molecule has 0 aromatic rings. The molecule has 0 N–H and O–H groups in total. The minimum Gasteiger partial charge on any atom is -0.0622 e. The molecule has 4 unspecified atom stereocenters. The van der Waals surface area contributed by atoms with Gasteiger partial charge in [0.2, 0.25) is 0 Å². The van der Waals surface area contributed by atoms with Crippen LogP contribution in [0.15, 0.2) is 0 Å². The maximum atomic E-state index is 2.45. The van der Waals surface area contributed by atoms with Gasteiger partial charge in [0.05, 0.1) is 0 Å². The molecule has 2 aliphatic rings. The summed E-state index contributed by atoms with van der Waals surface area (Å²) in [6, 6.07) is 0. The fourth-order valence-electron chi connectivity index (χ4n) is 3.37. The second-order valence-electron chi connectivity index (χ2n) is 4.45. The van der Waals surface area contributed by atoms with Gasteiger partial charge >= 0.3 is 0 Å². The van der Waals surface area contributed by atoms with Gasteiger partial charge in [0.15, 0.2) is 0 Å². The highest BCUT2D eigenvalue weighted by Gasteiger charge is 2.40. The molecule has 0 spiro atoms. The van der Waals surface area contributed by atoms with Crippen molar-refractivity contribution in [2.45, 2.75) is 39.5 Å². The summed E-state index contributed by atoms with van der Waals surface area (Å²) < 4.78 is 0. The van der Waals surface area contributed by atoms with Crippen molar-refractivity contribution < 1.29 is 0 Å². The molecule has 58 valence electrons. The zero-order chi connectivity index (χ0) is 7.14. The SMILES string of the molecule is CC1CC(C)C2CCCC12. The molecule has 0 amide bonds. The Labute approximate surface area is 64.0 Å². The van der Waals surface area contributed by atoms with E-state index in [4.69, 9.17) is 0 Å². The monoisotopic (exact) mass is 138 g/mol. The first-order valence-electron chi connectivity index (χ1n) is 4.79. The number of hydrogen-bond acceptors (Lipinski definition) is 0. The molecule has 0 aromatic heterocycles. The maximum absolute atomic E-state index is 2.45. The molecule has 2 fully saturated rings. The standard InChI is InChI=1S/C10H18/c1-7-6-8(2)10-5-3-4-9(7)10/h7-10H,3-6H2,1-2H3. The highest BCUT2D eigenvalue weighted by atomic mass is 14.5. The van der Waals surface area contributed by atoms with Crippen LogP contribution in [0.2, 0.25) is 0 Å². The Morgan fingerprint density at radius 2 is 1.40 bits per heavy atom. The van der Waals surface area contributed by atoms with Crippen LogP contribution in [-0.2, 0) is 0 Å². The molecule has 2 saturated carbocycles. The Kier molecular flexibility index (Phi) is 1.51. The average Bonchev–Trinajstić information content (AvgIpc) is 2.39. The van der Waals surface area contributed by atoms with Crippen LogP contribution >= 0.6 is 0 Å². The number of fused-ring (bicyclic) bond motifs is 1. The fraction of sp³-hybridized carbons (Fsp3) is 1.00. The summed E-state index contributed by atoms with van der Waals surface area (Å²) in [5, 5.41) is 0. The maximum Gasteiger partial charge on any atom is -0.0357 e. The van der Waals surface area contributed by atoms with Gasteiger partial charge in [0.1, 0.15) is 0 Å². The molecule has 0 heteroatoms. The first kappa shape index (κ1) is 6.69. The molecule has 0 aromatic carbocycles. The van der Waals surface area contributed by atoms with Crippen molar-refractivity contribution in [3.8, 4) is 0 Å². The van der Waals surface area contributed by atoms with Gasteiger partial charge < -0.3 is 0 Å². The second-order valence-corrected chi connectivity index (χ2v) is 4.45. The average molecular weight is 138 g/mol. The summed E-state index contributed by atoms with van der Waals surface area (Å²) in [5.41, 5.74) is 0. The third kappa shape index (κ3) is 0.810. The van der Waals surface area contributed by atoms with Crippen LogP contribution < -0.4 is 0 Å². The Morgan fingerprint density at radius 1 is 0.900 bits per heavy atom. The van der Waals surface area contributed by atoms with Crippen molar-refractivity contribution in [2.75, 3.05) is 0 Å². The van der Waals surface area contributed by atoms with Crippen LogP contribution in [-0.4, -0.2) is 0 Å². The minimum atomic E-state index is 1.04. The van der Waals surface area contributed by atoms with Gasteiger partial charge in [-0.25, -0.2) is 0 Å². The molecule has 0 radical (unpaired) electrons. The molecule has 2 aliphatic carbocycles. The van der Waals surface area contributed by atoms with E-state index >= 15 is 0 Å². The molecule has 10 heavy (non-hydrogen) atoms. The van der Waals surface area contributed by atoms with Crippen molar-refractivity contribution in [2.24, 2.45) is 23.7 Å². The minimum absolute atomic E-state index is 1.04. The van der Waals surface area contributed by atoms with Gasteiger partial charge in [-0.2, -0.15) is 0 Å². The van der Waals surface area contributed by atoms with E-state index in [0.29, 0.717) is 0 Å². The van der Waals surface area contributed by atoms with E-state index in [9.17, 15) is 0 Å². The summed E-state index contributed by atoms with van der Waals surface area (Å²) in [4.78, 5) is 0. The first-order valence-corrected chi connectivity index (χ1v) is 4.79. The Hall–Kier alpha value is 0. The lowest BCUT2D eigenvalue weighted by molar-refractivity contribution is 0.352. The normalized spacial score (nSPS) is 53.4. The Morgan fingerprint density at radius 3 is 1.90 bits per heavy atom. The van der Waals surface area contributed by atoms with Crippen LogP contribution in [0.25, 0.3) is 0 Å². The van der Waals surface area contributed by atoms with E-state index in [1.807, 2.05) is 0 Å². The molecule has 2 rings (SSSR count). The second kappa shape index (κ2) is 2.25. The van der Waals surface area contributed by atoms with Crippen LogP contribution in [0, 0.1) is 23.7 Å². The third-order valence-electron chi connectivity index (χ3n) is 3.83. The topological polar surface area (TPSA) is 0 Å². The molecule has 0 aliphatic heterocycles. The molecule has 0 bridgehead atoms. The van der Waals surface area contributed by atoms with Crippen LogP contribution in [0.4, 0.5) is 0 Å². The zero-order valence-electron chi connectivity index (χ0n) is 7.14. The third-order valence-corrected chi connectivity index (χ3v) is 3.83. The van der Waals surface area contributed by atoms with Gasteiger partial charge in [-0.05, 0) is 42.9 Å². The molecular formula is C10H18. The lowest BCUT2D eigenvalue weighted by Crippen LogP contribution is -2.07. The van der Waals surface area contributed by atoms with Crippen molar-refractivity contribution in [1.82, 2.24) is 0 Å². The summed E-state index contributed by atoms with van der Waals surface area (Å²) in [6.07, 6.45) is 6.10. The summed E-state index contributed by atoms with van der Waals surface area (Å²) in [6.45, 7) is 4.90. The van der Waals surface area contributed by atoms with Crippen LogP contribution in [0.5, 0.6) is 0 Å². The Balaban J connectivity index is 2.11. The highest BCUT2D eigenvalue weighted by Crippen LogP contribution is 2.50. The lowest BCUT2D eigenvalue weighted by atomic mass is 9.92. The van der Waals surface area contributed by atoms with Crippen molar-refractivity contribution in [3.05, 3.63) is 0 Å². The van der Waals surface area contributed by atoms with Crippen molar-refractivity contribution in [3.63, 3.8) is 0 Å².